The van der Waals surface area contributed by atoms with Crippen LogP contribution in [0.5, 0.6) is 0 Å². The highest BCUT2D eigenvalue weighted by Crippen LogP contribution is 2.55. The summed E-state index contributed by atoms with van der Waals surface area (Å²) in [6.45, 7) is 9.31. The number of carboxylic acid groups (broad SMARTS) is 1. The zero-order chi connectivity index (χ0) is 16.7. The van der Waals surface area contributed by atoms with Crippen LogP contribution < -0.4 is 10.4 Å². The molecule has 4 heteroatoms. The molecule has 1 aromatic carbocycles. The van der Waals surface area contributed by atoms with Crippen molar-refractivity contribution < 1.29 is 14.7 Å². The fourth-order valence-electron chi connectivity index (χ4n) is 3.41. The Hall–Kier alpha value is -1.84. The highest BCUT2D eigenvalue weighted by atomic mass is 16.4. The Morgan fingerprint density at radius 2 is 1.86 bits per heavy atom. The van der Waals surface area contributed by atoms with Crippen molar-refractivity contribution in [1.82, 2.24) is 0 Å². The van der Waals surface area contributed by atoms with Gasteiger partial charge in [0.25, 0.3) is 0 Å². The summed E-state index contributed by atoms with van der Waals surface area (Å²) in [5.74, 6) is -1.52. The van der Waals surface area contributed by atoms with E-state index in [1.54, 1.807) is 6.92 Å². The van der Waals surface area contributed by atoms with E-state index in [0.29, 0.717) is 12.8 Å². The minimum atomic E-state index is -1.07. The first-order valence-corrected chi connectivity index (χ1v) is 7.69. The molecule has 0 aliphatic heterocycles. The van der Waals surface area contributed by atoms with Crippen molar-refractivity contribution in [3.05, 3.63) is 29.3 Å². The molecule has 1 aliphatic carbocycles. The zero-order valence-electron chi connectivity index (χ0n) is 13.9. The third-order valence-electron chi connectivity index (χ3n) is 5.64. The molecule has 4 nitrogen and oxygen atoms in total. The smallest absolute Gasteiger partial charge is 0.228 e. The van der Waals surface area contributed by atoms with E-state index in [-0.39, 0.29) is 11.8 Å². The Bertz CT molecular complexity index is 621. The van der Waals surface area contributed by atoms with E-state index in [9.17, 15) is 14.7 Å². The molecule has 1 fully saturated rings. The second kappa shape index (κ2) is 5.41. The highest BCUT2D eigenvalue weighted by molar-refractivity contribution is 5.95. The Kier molecular flexibility index (Phi) is 4.07. The van der Waals surface area contributed by atoms with Gasteiger partial charge in [-0.1, -0.05) is 32.9 Å². The quantitative estimate of drug-likeness (QED) is 0.932. The molecule has 0 bridgehead atoms. The largest absolute Gasteiger partial charge is 0.550 e. The van der Waals surface area contributed by atoms with E-state index >= 15 is 0 Å². The normalized spacial score (nSPS) is 26.7. The summed E-state index contributed by atoms with van der Waals surface area (Å²) >= 11 is 0. The minimum Gasteiger partial charge on any atom is -0.550 e. The van der Waals surface area contributed by atoms with Gasteiger partial charge in [-0.25, -0.2) is 0 Å². The second-order valence-corrected chi connectivity index (χ2v) is 7.24. The standard InChI is InChI=1S/C18H25NO3/c1-11-6-7-12(2)14(10-11)19-15(20)13-8-9-18(5,16(21)22)17(13,3)4/h6-7,10,13H,8-9H2,1-5H3,(H,19,20)(H,21,22)/p-1/t13-,18-/m0/s1. The van der Waals surface area contributed by atoms with Gasteiger partial charge in [-0.2, -0.15) is 0 Å². The van der Waals surface area contributed by atoms with Crippen LogP contribution in [0.25, 0.3) is 0 Å². The first-order chi connectivity index (χ1) is 10.1. The molecule has 1 N–H and O–H groups in total. The van der Waals surface area contributed by atoms with Crippen molar-refractivity contribution in [3.63, 3.8) is 0 Å². The van der Waals surface area contributed by atoms with Gasteiger partial charge >= 0.3 is 0 Å². The predicted molar refractivity (Wildman–Crippen MR) is 84.2 cm³/mol. The summed E-state index contributed by atoms with van der Waals surface area (Å²) < 4.78 is 0. The maximum absolute atomic E-state index is 12.7. The van der Waals surface area contributed by atoms with E-state index in [1.165, 1.54) is 0 Å². The van der Waals surface area contributed by atoms with Gasteiger partial charge in [0.2, 0.25) is 5.91 Å². The van der Waals surface area contributed by atoms with Gasteiger partial charge in [0.1, 0.15) is 0 Å². The number of hydrogen-bond acceptors (Lipinski definition) is 3. The van der Waals surface area contributed by atoms with Crippen LogP contribution >= 0.6 is 0 Å². The lowest BCUT2D eigenvalue weighted by atomic mass is 9.65. The fourth-order valence-corrected chi connectivity index (χ4v) is 3.41. The number of aliphatic carboxylic acids is 1. The Morgan fingerprint density at radius 1 is 1.23 bits per heavy atom. The van der Waals surface area contributed by atoms with Crippen LogP contribution in [0.15, 0.2) is 18.2 Å². The monoisotopic (exact) mass is 302 g/mol. The first-order valence-electron chi connectivity index (χ1n) is 7.69. The van der Waals surface area contributed by atoms with Crippen molar-refractivity contribution in [2.24, 2.45) is 16.7 Å². The van der Waals surface area contributed by atoms with Crippen LogP contribution in [-0.4, -0.2) is 11.9 Å². The van der Waals surface area contributed by atoms with Crippen LogP contribution in [0.3, 0.4) is 0 Å². The van der Waals surface area contributed by atoms with Gasteiger partial charge in [-0.3, -0.25) is 4.79 Å². The van der Waals surface area contributed by atoms with E-state index in [1.807, 2.05) is 45.9 Å². The molecule has 22 heavy (non-hydrogen) atoms. The summed E-state index contributed by atoms with van der Waals surface area (Å²) in [4.78, 5) is 24.2. The van der Waals surface area contributed by atoms with E-state index in [2.05, 4.69) is 5.32 Å². The molecular formula is C18H24NO3-. The number of carbonyl (C=O) groups is 2. The molecule has 1 aliphatic rings. The maximum Gasteiger partial charge on any atom is 0.228 e. The molecular weight excluding hydrogens is 278 g/mol. The number of nitrogens with one attached hydrogen (secondary N) is 1. The molecule has 1 saturated carbocycles. The summed E-state index contributed by atoms with van der Waals surface area (Å²) in [6.07, 6.45) is 1.03. The first kappa shape index (κ1) is 16.5. The molecule has 0 saturated heterocycles. The van der Waals surface area contributed by atoms with Crippen LogP contribution in [0, 0.1) is 30.6 Å². The lowest BCUT2D eigenvalue weighted by Gasteiger charge is -2.42. The number of aryl methyl sites for hydroxylation is 2. The lowest BCUT2D eigenvalue weighted by Crippen LogP contribution is -2.49. The molecule has 1 amide bonds. The van der Waals surface area contributed by atoms with Crippen molar-refractivity contribution in [2.45, 2.75) is 47.5 Å². The number of hydrogen-bond donors (Lipinski definition) is 1. The fraction of sp³-hybridized carbons (Fsp3) is 0.556. The zero-order valence-corrected chi connectivity index (χ0v) is 13.9. The molecule has 1 aromatic rings. The molecule has 0 spiro atoms. The van der Waals surface area contributed by atoms with Crippen molar-refractivity contribution in [1.29, 1.82) is 0 Å². The average molecular weight is 302 g/mol. The van der Waals surface area contributed by atoms with Crippen molar-refractivity contribution in [3.8, 4) is 0 Å². The highest BCUT2D eigenvalue weighted by Gasteiger charge is 2.54. The molecule has 0 heterocycles. The summed E-state index contributed by atoms with van der Waals surface area (Å²) in [5.41, 5.74) is 1.25. The molecule has 0 unspecified atom stereocenters. The number of carboxylic acids is 1. The van der Waals surface area contributed by atoms with E-state index in [4.69, 9.17) is 0 Å². The van der Waals surface area contributed by atoms with Gasteiger partial charge in [0, 0.05) is 23.0 Å². The number of amides is 1. The summed E-state index contributed by atoms with van der Waals surface area (Å²) in [5, 5.41) is 14.5. The number of anilines is 1. The Morgan fingerprint density at radius 3 is 2.41 bits per heavy atom. The number of rotatable bonds is 3. The summed E-state index contributed by atoms with van der Waals surface area (Å²) in [7, 11) is 0. The molecule has 2 atom stereocenters. The lowest BCUT2D eigenvalue weighted by molar-refractivity contribution is -0.323. The molecule has 2 rings (SSSR count). The molecule has 0 aromatic heterocycles. The number of carbonyl (C=O) groups excluding carboxylic acids is 2. The van der Waals surface area contributed by atoms with Gasteiger partial charge in [0.05, 0.1) is 0 Å². The predicted octanol–water partition coefficient (Wildman–Crippen LogP) is 2.43. The van der Waals surface area contributed by atoms with Crippen LogP contribution in [-0.2, 0) is 9.59 Å². The average Bonchev–Trinajstić information content (AvgIpc) is 2.66. The Balaban J connectivity index is 2.24. The minimum absolute atomic E-state index is 0.108. The van der Waals surface area contributed by atoms with Gasteiger partial charge < -0.3 is 15.2 Å². The third kappa shape index (κ3) is 2.51. The SMILES string of the molecule is Cc1ccc(C)c(NC(=O)[C@@H]2CC[C@@](C)(C(=O)[O-])C2(C)C)c1. The second-order valence-electron chi connectivity index (χ2n) is 7.24. The topological polar surface area (TPSA) is 69.2 Å². The summed E-state index contributed by atoms with van der Waals surface area (Å²) in [6, 6.07) is 5.90. The van der Waals surface area contributed by atoms with Crippen LogP contribution in [0.2, 0.25) is 0 Å². The van der Waals surface area contributed by atoms with Gasteiger partial charge in [-0.15, -0.1) is 0 Å². The van der Waals surface area contributed by atoms with Crippen LogP contribution in [0.1, 0.15) is 44.7 Å². The molecule has 0 radical (unpaired) electrons. The van der Waals surface area contributed by atoms with Crippen molar-refractivity contribution >= 4 is 17.6 Å². The number of benzene rings is 1. The van der Waals surface area contributed by atoms with Crippen molar-refractivity contribution in [2.75, 3.05) is 5.32 Å². The van der Waals surface area contributed by atoms with Crippen LogP contribution in [0.4, 0.5) is 5.69 Å². The molecule has 120 valence electrons. The van der Waals surface area contributed by atoms with E-state index in [0.717, 1.165) is 16.8 Å². The maximum atomic E-state index is 12.7. The Labute approximate surface area is 131 Å². The third-order valence-corrected chi connectivity index (χ3v) is 5.64. The van der Waals surface area contributed by atoms with E-state index < -0.39 is 16.8 Å². The van der Waals surface area contributed by atoms with Gasteiger partial charge in [-0.05, 0) is 49.3 Å². The van der Waals surface area contributed by atoms with Gasteiger partial charge in [0.15, 0.2) is 0 Å².